The van der Waals surface area contributed by atoms with Gasteiger partial charge in [-0.15, -0.1) is 0 Å². The van der Waals surface area contributed by atoms with Gasteiger partial charge in [-0.25, -0.2) is 4.39 Å². The zero-order chi connectivity index (χ0) is 17.7. The third kappa shape index (κ3) is 4.02. The lowest BCUT2D eigenvalue weighted by molar-refractivity contribution is 0.0643. The summed E-state index contributed by atoms with van der Waals surface area (Å²) in [6, 6.07) is 10.1. The summed E-state index contributed by atoms with van der Waals surface area (Å²) in [6.45, 7) is 1.77. The molecule has 0 radical (unpaired) electrons. The number of amides is 1. The van der Waals surface area contributed by atoms with Crippen molar-refractivity contribution in [3.8, 4) is 11.5 Å². The van der Waals surface area contributed by atoms with Gasteiger partial charge in [0.1, 0.15) is 23.4 Å². The fourth-order valence-electron chi connectivity index (χ4n) is 2.47. The minimum Gasteiger partial charge on any atom is -0.507 e. The molecule has 2 aromatic carbocycles. The maximum absolute atomic E-state index is 13.3. The van der Waals surface area contributed by atoms with Crippen LogP contribution in [0.25, 0.3) is 0 Å². The second-order valence-electron chi connectivity index (χ2n) is 5.35. The zero-order valence-electron chi connectivity index (χ0n) is 13.7. The zero-order valence-corrected chi connectivity index (χ0v) is 13.7. The van der Waals surface area contributed by atoms with Gasteiger partial charge < -0.3 is 19.9 Å². The Bertz CT molecular complexity index is 703. The minimum absolute atomic E-state index is 0.119. The fourth-order valence-corrected chi connectivity index (χ4v) is 2.47. The predicted molar refractivity (Wildman–Crippen MR) is 87.7 cm³/mol. The molecule has 0 aliphatic rings. The summed E-state index contributed by atoms with van der Waals surface area (Å²) in [5.74, 6) is -0.728. The largest absolute Gasteiger partial charge is 0.507 e. The van der Waals surface area contributed by atoms with E-state index in [1.807, 2.05) is 12.1 Å². The van der Waals surface area contributed by atoms with Crippen molar-refractivity contribution in [1.82, 2.24) is 5.32 Å². The highest BCUT2D eigenvalue weighted by atomic mass is 19.1. The number of rotatable bonds is 6. The number of phenolic OH excluding ortho intramolecular Hbond substituents is 1. The van der Waals surface area contributed by atoms with Crippen molar-refractivity contribution in [2.24, 2.45) is 0 Å². The number of benzene rings is 2. The van der Waals surface area contributed by atoms with Crippen LogP contribution in [0.2, 0.25) is 0 Å². The number of nitrogens with one attached hydrogen (secondary N) is 1. The maximum atomic E-state index is 13.3. The first kappa shape index (κ1) is 17.7. The van der Waals surface area contributed by atoms with Crippen molar-refractivity contribution >= 4 is 5.91 Å². The van der Waals surface area contributed by atoms with Gasteiger partial charge in [0.05, 0.1) is 18.7 Å². The summed E-state index contributed by atoms with van der Waals surface area (Å²) in [7, 11) is 3.12. The first-order valence-corrected chi connectivity index (χ1v) is 7.42. The summed E-state index contributed by atoms with van der Waals surface area (Å²) in [5.41, 5.74) is 0.737. The molecule has 0 unspecified atom stereocenters. The third-order valence-corrected chi connectivity index (χ3v) is 3.71. The van der Waals surface area contributed by atoms with Crippen molar-refractivity contribution in [2.75, 3.05) is 14.2 Å². The number of carbonyl (C=O) groups excluding carboxylic acids is 1. The Balaban J connectivity index is 2.14. The number of hydrogen-bond donors (Lipinski definition) is 2. The summed E-state index contributed by atoms with van der Waals surface area (Å²) < 4.78 is 23.9. The quantitative estimate of drug-likeness (QED) is 0.853. The first-order chi connectivity index (χ1) is 11.5. The summed E-state index contributed by atoms with van der Waals surface area (Å²) in [5, 5.41) is 12.4. The van der Waals surface area contributed by atoms with E-state index in [2.05, 4.69) is 5.32 Å². The summed E-state index contributed by atoms with van der Waals surface area (Å²) in [6.07, 6.45) is -0.407. The fraction of sp³-hybridized carbons (Fsp3) is 0.278. The molecule has 2 aromatic rings. The average molecular weight is 333 g/mol. The first-order valence-electron chi connectivity index (χ1n) is 7.42. The predicted octanol–water partition coefficient (Wildman–Crippen LogP) is 3.05. The van der Waals surface area contributed by atoms with Crippen LogP contribution in [0.5, 0.6) is 11.5 Å². The van der Waals surface area contributed by atoms with E-state index < -0.39 is 23.9 Å². The van der Waals surface area contributed by atoms with Crippen LogP contribution >= 0.6 is 0 Å². The molecule has 0 heterocycles. The van der Waals surface area contributed by atoms with Gasteiger partial charge in [-0.3, -0.25) is 4.79 Å². The Labute approximate surface area is 140 Å². The highest BCUT2D eigenvalue weighted by molar-refractivity contribution is 5.97. The minimum atomic E-state index is -0.593. The van der Waals surface area contributed by atoms with Crippen LogP contribution in [0.1, 0.15) is 28.9 Å². The molecular formula is C18H20FNO4. The van der Waals surface area contributed by atoms with Gasteiger partial charge in [0.25, 0.3) is 5.91 Å². The van der Waals surface area contributed by atoms with Gasteiger partial charge in [-0.2, -0.15) is 0 Å². The average Bonchev–Trinajstić information content (AvgIpc) is 2.58. The molecule has 0 aromatic heterocycles. The van der Waals surface area contributed by atoms with E-state index in [1.54, 1.807) is 26.2 Å². The van der Waals surface area contributed by atoms with Crippen molar-refractivity contribution in [3.63, 3.8) is 0 Å². The maximum Gasteiger partial charge on any atom is 0.255 e. The molecule has 128 valence electrons. The van der Waals surface area contributed by atoms with E-state index in [-0.39, 0.29) is 11.3 Å². The molecule has 2 N–H and O–H groups in total. The Kier molecular flexibility index (Phi) is 5.76. The van der Waals surface area contributed by atoms with Gasteiger partial charge in [0.15, 0.2) is 0 Å². The van der Waals surface area contributed by atoms with Crippen LogP contribution in [0.15, 0.2) is 42.5 Å². The summed E-state index contributed by atoms with van der Waals surface area (Å²) in [4.78, 5) is 12.3. The van der Waals surface area contributed by atoms with Crippen molar-refractivity contribution in [1.29, 1.82) is 0 Å². The van der Waals surface area contributed by atoms with E-state index in [9.17, 15) is 14.3 Å². The van der Waals surface area contributed by atoms with Crippen LogP contribution in [-0.2, 0) is 4.74 Å². The van der Waals surface area contributed by atoms with E-state index in [0.717, 1.165) is 29.5 Å². The molecule has 24 heavy (non-hydrogen) atoms. The molecule has 2 rings (SSSR count). The van der Waals surface area contributed by atoms with Crippen molar-refractivity contribution in [3.05, 3.63) is 59.4 Å². The Hall–Kier alpha value is -2.60. The van der Waals surface area contributed by atoms with Gasteiger partial charge in [-0.1, -0.05) is 12.1 Å². The van der Waals surface area contributed by atoms with Crippen LogP contribution in [0.4, 0.5) is 4.39 Å². The van der Waals surface area contributed by atoms with Gasteiger partial charge in [0, 0.05) is 7.11 Å². The molecular weight excluding hydrogens is 313 g/mol. The second kappa shape index (κ2) is 7.79. The Morgan fingerprint density at radius 1 is 1.17 bits per heavy atom. The van der Waals surface area contributed by atoms with Gasteiger partial charge in [-0.05, 0) is 42.8 Å². The molecule has 2 atom stereocenters. The molecule has 0 bridgehead atoms. The highest BCUT2D eigenvalue weighted by Crippen LogP contribution is 2.24. The number of methoxy groups -OCH3 is 2. The normalized spacial score (nSPS) is 13.2. The molecule has 1 amide bonds. The van der Waals surface area contributed by atoms with Gasteiger partial charge >= 0.3 is 0 Å². The smallest absolute Gasteiger partial charge is 0.255 e. The Morgan fingerprint density at radius 3 is 2.42 bits per heavy atom. The molecule has 0 spiro atoms. The molecule has 0 aliphatic carbocycles. The van der Waals surface area contributed by atoms with Crippen LogP contribution in [0.3, 0.4) is 0 Å². The van der Waals surface area contributed by atoms with E-state index in [1.165, 1.54) is 7.11 Å². The van der Waals surface area contributed by atoms with E-state index in [4.69, 9.17) is 9.47 Å². The van der Waals surface area contributed by atoms with Gasteiger partial charge in [0.2, 0.25) is 0 Å². The number of carbonyl (C=O) groups is 1. The number of halogens is 1. The number of hydrogen-bond acceptors (Lipinski definition) is 4. The lowest BCUT2D eigenvalue weighted by Crippen LogP contribution is -2.37. The number of ether oxygens (including phenoxy) is 2. The second-order valence-corrected chi connectivity index (χ2v) is 5.35. The molecule has 0 aliphatic heterocycles. The van der Waals surface area contributed by atoms with Crippen molar-refractivity contribution in [2.45, 2.75) is 19.1 Å². The van der Waals surface area contributed by atoms with Crippen LogP contribution < -0.4 is 10.1 Å². The number of phenols is 1. The summed E-state index contributed by atoms with van der Waals surface area (Å²) >= 11 is 0. The van der Waals surface area contributed by atoms with E-state index >= 15 is 0 Å². The van der Waals surface area contributed by atoms with Crippen LogP contribution in [-0.4, -0.2) is 31.3 Å². The standard InChI is InChI=1S/C18H20FNO4/c1-11(17(24-3)12-4-7-14(23-2)8-5-12)20-18(22)15-10-13(19)6-9-16(15)21/h4-11,17,21H,1-3H3,(H,20,22)/t11-,17-/m0/s1. The monoisotopic (exact) mass is 333 g/mol. The lowest BCUT2D eigenvalue weighted by atomic mass is 10.0. The van der Waals surface area contributed by atoms with Crippen LogP contribution in [0, 0.1) is 5.82 Å². The molecule has 6 heteroatoms. The lowest BCUT2D eigenvalue weighted by Gasteiger charge is -2.24. The molecule has 0 fully saturated rings. The third-order valence-electron chi connectivity index (χ3n) is 3.71. The molecule has 5 nitrogen and oxygen atoms in total. The Morgan fingerprint density at radius 2 is 1.83 bits per heavy atom. The molecule has 0 saturated heterocycles. The SMILES string of the molecule is COc1ccc([C@@H](OC)[C@H](C)NC(=O)c2cc(F)ccc2O)cc1. The number of aromatic hydroxyl groups is 1. The van der Waals surface area contributed by atoms with E-state index in [0.29, 0.717) is 0 Å². The highest BCUT2D eigenvalue weighted by Gasteiger charge is 2.22. The topological polar surface area (TPSA) is 67.8 Å². The van der Waals surface area contributed by atoms with Crippen molar-refractivity contribution < 1.29 is 23.8 Å². The molecule has 0 saturated carbocycles.